The molecule has 8 heteroatoms. The molecule has 0 radical (unpaired) electrons. The predicted octanol–water partition coefficient (Wildman–Crippen LogP) is 6.22. The summed E-state index contributed by atoms with van der Waals surface area (Å²) in [6.07, 6.45) is 2.01. The molecule has 1 aliphatic heterocycles. The topological polar surface area (TPSA) is 80.5 Å². The van der Waals surface area contributed by atoms with Crippen molar-refractivity contribution in [2.24, 2.45) is 10.8 Å². The third-order valence-electron chi connectivity index (χ3n) is 6.75. The maximum Gasteiger partial charge on any atom is 0.288 e. The molecule has 4 rings (SSSR count). The fourth-order valence-electron chi connectivity index (χ4n) is 5.39. The van der Waals surface area contributed by atoms with Gasteiger partial charge in [-0.2, -0.15) is 0 Å². The van der Waals surface area contributed by atoms with Gasteiger partial charge in [-0.3, -0.25) is 19.7 Å². The number of hydrogen-bond donors (Lipinski definition) is 0. The van der Waals surface area contributed by atoms with Gasteiger partial charge in [-0.25, -0.2) is 0 Å². The summed E-state index contributed by atoms with van der Waals surface area (Å²) in [7, 11) is 1.91. The Labute approximate surface area is 197 Å². The molecule has 0 N–H and O–H groups in total. The van der Waals surface area contributed by atoms with E-state index in [1.807, 2.05) is 11.9 Å². The van der Waals surface area contributed by atoms with Gasteiger partial charge < -0.3 is 4.90 Å². The van der Waals surface area contributed by atoms with Crippen molar-refractivity contribution in [3.05, 3.63) is 60.4 Å². The van der Waals surface area contributed by atoms with Gasteiger partial charge in [0.2, 0.25) is 0 Å². The molecule has 1 aromatic rings. The van der Waals surface area contributed by atoms with Crippen molar-refractivity contribution < 1.29 is 14.5 Å². The van der Waals surface area contributed by atoms with Crippen LogP contribution in [0.2, 0.25) is 10.0 Å². The number of allylic oxidation sites excluding steroid dienone is 4. The van der Waals surface area contributed by atoms with E-state index < -0.39 is 10.8 Å². The Kier molecular flexibility index (Phi) is 5.33. The molecule has 0 aromatic heterocycles. The van der Waals surface area contributed by atoms with Gasteiger partial charge in [-0.1, -0.05) is 50.9 Å². The molecule has 0 spiro atoms. The summed E-state index contributed by atoms with van der Waals surface area (Å²) in [5.41, 5.74) is 2.43. The van der Waals surface area contributed by atoms with Crippen LogP contribution in [0.15, 0.2) is 34.7 Å². The van der Waals surface area contributed by atoms with Crippen LogP contribution in [0, 0.1) is 20.9 Å². The highest BCUT2D eigenvalue weighted by molar-refractivity contribution is 6.36. The lowest BCUT2D eigenvalue weighted by atomic mass is 9.63. The summed E-state index contributed by atoms with van der Waals surface area (Å²) in [5.74, 6) is -0.830. The van der Waals surface area contributed by atoms with Crippen LogP contribution >= 0.6 is 23.2 Å². The van der Waals surface area contributed by atoms with Crippen molar-refractivity contribution in [3.8, 4) is 0 Å². The van der Waals surface area contributed by atoms with E-state index in [2.05, 4.69) is 27.7 Å². The molecule has 1 aromatic carbocycles. The lowest BCUT2D eigenvalue weighted by Crippen LogP contribution is -2.43. The van der Waals surface area contributed by atoms with Crippen molar-refractivity contribution in [2.45, 2.75) is 59.3 Å². The number of ketones is 2. The van der Waals surface area contributed by atoms with E-state index in [4.69, 9.17) is 23.2 Å². The van der Waals surface area contributed by atoms with Gasteiger partial charge in [0.1, 0.15) is 5.02 Å². The van der Waals surface area contributed by atoms with Crippen molar-refractivity contribution in [1.29, 1.82) is 0 Å². The monoisotopic (exact) mass is 476 g/mol. The molecule has 6 nitrogen and oxygen atoms in total. The fraction of sp³-hybridized carbons (Fsp3) is 0.500. The second-order valence-corrected chi connectivity index (χ2v) is 11.5. The van der Waals surface area contributed by atoms with Crippen LogP contribution < -0.4 is 0 Å². The first-order valence-electron chi connectivity index (χ1n) is 10.6. The molecule has 1 heterocycles. The minimum absolute atomic E-state index is 0.0500. The van der Waals surface area contributed by atoms with Gasteiger partial charge >= 0.3 is 0 Å². The summed E-state index contributed by atoms with van der Waals surface area (Å²) >= 11 is 12.6. The molecular formula is C24H26Cl2N2O4. The van der Waals surface area contributed by atoms with Crippen LogP contribution in [-0.2, 0) is 9.59 Å². The number of nitro benzene ring substituents is 1. The molecular weight excluding hydrogens is 451 g/mol. The van der Waals surface area contributed by atoms with Crippen LogP contribution in [0.25, 0.3) is 0 Å². The Balaban J connectivity index is 2.04. The van der Waals surface area contributed by atoms with Gasteiger partial charge in [-0.15, -0.1) is 0 Å². The van der Waals surface area contributed by atoms with E-state index in [0.29, 0.717) is 42.4 Å². The minimum atomic E-state index is -0.730. The number of nitrogens with zero attached hydrogens (tertiary/aromatic N) is 2. The average molecular weight is 477 g/mol. The first-order chi connectivity index (χ1) is 14.7. The molecule has 170 valence electrons. The number of hydrogen-bond acceptors (Lipinski definition) is 5. The van der Waals surface area contributed by atoms with Gasteiger partial charge in [0.05, 0.1) is 4.92 Å². The second kappa shape index (κ2) is 7.42. The molecule has 0 atom stereocenters. The maximum atomic E-state index is 13.5. The Bertz CT molecular complexity index is 1090. The second-order valence-electron chi connectivity index (χ2n) is 10.7. The van der Waals surface area contributed by atoms with Gasteiger partial charge in [0.15, 0.2) is 11.6 Å². The van der Waals surface area contributed by atoms with E-state index in [-0.39, 0.29) is 38.1 Å². The largest absolute Gasteiger partial charge is 0.351 e. The number of carbonyl (C=O) groups is 2. The molecule has 0 fully saturated rings. The SMILES string of the molecule is CN1C2=C(C(=O)CC(C)(C)C2)C(c2cc([N+](=O)[O-])c(Cl)cc2Cl)C2=C1CC(C)(C)CC2=O. The minimum Gasteiger partial charge on any atom is -0.351 e. The third kappa shape index (κ3) is 3.67. The van der Waals surface area contributed by atoms with Crippen molar-refractivity contribution in [1.82, 2.24) is 4.90 Å². The zero-order valence-corrected chi connectivity index (χ0v) is 20.4. The van der Waals surface area contributed by atoms with Gasteiger partial charge in [0.25, 0.3) is 5.69 Å². The molecule has 0 amide bonds. The third-order valence-corrected chi connectivity index (χ3v) is 7.38. The van der Waals surface area contributed by atoms with Crippen LogP contribution in [0.4, 0.5) is 5.69 Å². The highest BCUT2D eigenvalue weighted by Crippen LogP contribution is 2.55. The van der Waals surface area contributed by atoms with Gasteiger partial charge in [0, 0.05) is 59.4 Å². The molecule has 0 unspecified atom stereocenters. The quantitative estimate of drug-likeness (QED) is 0.373. The number of carbonyl (C=O) groups excluding carboxylic acids is 2. The van der Waals surface area contributed by atoms with Crippen molar-refractivity contribution in [3.63, 3.8) is 0 Å². The van der Waals surface area contributed by atoms with Crippen molar-refractivity contribution in [2.75, 3.05) is 7.05 Å². The molecule has 32 heavy (non-hydrogen) atoms. The number of Topliss-reactive ketones (excluding diaryl/α,β-unsaturated/α-hetero) is 2. The van der Waals surface area contributed by atoms with E-state index >= 15 is 0 Å². The summed E-state index contributed by atoms with van der Waals surface area (Å²) in [4.78, 5) is 40.0. The zero-order valence-electron chi connectivity index (χ0n) is 18.8. The fourth-order valence-corrected chi connectivity index (χ4v) is 5.95. The molecule has 2 aliphatic carbocycles. The number of nitro groups is 1. The van der Waals surface area contributed by atoms with E-state index in [9.17, 15) is 19.7 Å². The number of rotatable bonds is 2. The first-order valence-corrected chi connectivity index (χ1v) is 11.4. The van der Waals surface area contributed by atoms with E-state index in [1.54, 1.807) is 0 Å². The van der Waals surface area contributed by atoms with Crippen LogP contribution in [-0.4, -0.2) is 28.4 Å². The predicted molar refractivity (Wildman–Crippen MR) is 124 cm³/mol. The first kappa shape index (κ1) is 23.0. The lowest BCUT2D eigenvalue weighted by Gasteiger charge is -2.48. The number of halogens is 2. The molecule has 0 bridgehead atoms. The summed E-state index contributed by atoms with van der Waals surface area (Å²) in [6.45, 7) is 8.21. The standard InChI is InChI=1S/C24H26Cl2N2O4/c1-23(2)8-16-21(18(29)10-23)20(12-6-15(28(31)32)14(26)7-13(12)25)22-17(27(16)5)9-24(3,4)11-19(22)30/h6-7,20H,8-11H2,1-5H3. The lowest BCUT2D eigenvalue weighted by molar-refractivity contribution is -0.384. The summed E-state index contributed by atoms with van der Waals surface area (Å²) in [6, 6.07) is 2.67. The smallest absolute Gasteiger partial charge is 0.288 e. The normalized spacial score (nSPS) is 22.8. The highest BCUT2D eigenvalue weighted by Gasteiger charge is 2.48. The Morgan fingerprint density at radius 1 is 0.906 bits per heavy atom. The molecule has 0 saturated heterocycles. The highest BCUT2D eigenvalue weighted by atomic mass is 35.5. The van der Waals surface area contributed by atoms with E-state index in [1.165, 1.54) is 12.1 Å². The molecule has 3 aliphatic rings. The maximum absolute atomic E-state index is 13.5. The Morgan fingerprint density at radius 3 is 1.81 bits per heavy atom. The van der Waals surface area contributed by atoms with Crippen LogP contribution in [0.3, 0.4) is 0 Å². The van der Waals surface area contributed by atoms with Gasteiger partial charge in [-0.05, 0) is 35.3 Å². The van der Waals surface area contributed by atoms with E-state index in [0.717, 1.165) is 11.4 Å². The molecule has 0 saturated carbocycles. The van der Waals surface area contributed by atoms with Crippen LogP contribution in [0.1, 0.15) is 64.9 Å². The summed E-state index contributed by atoms with van der Waals surface area (Å²) < 4.78 is 0. The number of benzene rings is 1. The van der Waals surface area contributed by atoms with Crippen molar-refractivity contribution >= 4 is 40.5 Å². The Hall–Kier alpha value is -2.18. The average Bonchev–Trinajstić information content (AvgIpc) is 2.62. The zero-order chi connectivity index (χ0) is 23.7. The summed E-state index contributed by atoms with van der Waals surface area (Å²) in [5, 5.41) is 11.7. The van der Waals surface area contributed by atoms with Crippen LogP contribution in [0.5, 0.6) is 0 Å². The Morgan fingerprint density at radius 2 is 1.38 bits per heavy atom.